The zero-order chi connectivity index (χ0) is 17.3. The maximum atomic E-state index is 12.6. The van der Waals surface area contributed by atoms with Crippen LogP contribution in [0.1, 0.15) is 24.8 Å². The molecule has 128 valence electrons. The van der Waals surface area contributed by atoms with Crippen LogP contribution in [0.15, 0.2) is 18.2 Å². The predicted octanol–water partition coefficient (Wildman–Crippen LogP) is 1.33. The van der Waals surface area contributed by atoms with E-state index in [4.69, 9.17) is 26.8 Å². The average molecular weight is 353 g/mol. The van der Waals surface area contributed by atoms with E-state index in [0.717, 1.165) is 0 Å². The van der Waals surface area contributed by atoms with Crippen molar-refractivity contribution in [2.45, 2.75) is 24.9 Å². The van der Waals surface area contributed by atoms with Crippen molar-refractivity contribution in [1.82, 2.24) is 0 Å². The molecule has 0 spiro atoms. The van der Waals surface area contributed by atoms with Crippen LogP contribution in [0.25, 0.3) is 0 Å². The Bertz CT molecular complexity index is 702. The molecular formula is C16H17ClN2O5. The highest BCUT2D eigenvalue weighted by Gasteiger charge is 2.53. The van der Waals surface area contributed by atoms with Gasteiger partial charge in [-0.1, -0.05) is 17.7 Å². The van der Waals surface area contributed by atoms with Crippen molar-refractivity contribution in [2.24, 2.45) is 11.7 Å². The lowest BCUT2D eigenvalue weighted by atomic mass is 9.90. The zero-order valence-electron chi connectivity index (χ0n) is 12.8. The van der Waals surface area contributed by atoms with E-state index in [1.54, 1.807) is 18.2 Å². The minimum atomic E-state index is -1.82. The molecule has 2 aliphatic rings. The number of fused-ring (bicyclic) bond motifs is 1. The maximum Gasteiger partial charge on any atom is 0.310 e. The number of rotatable bonds is 4. The van der Waals surface area contributed by atoms with Crippen LogP contribution >= 0.6 is 11.6 Å². The first-order valence-corrected chi connectivity index (χ1v) is 8.01. The van der Waals surface area contributed by atoms with Crippen LogP contribution in [-0.4, -0.2) is 31.0 Å². The van der Waals surface area contributed by atoms with E-state index < -0.39 is 29.8 Å². The minimum absolute atomic E-state index is 0.229. The van der Waals surface area contributed by atoms with Gasteiger partial charge in [0.1, 0.15) is 0 Å². The Morgan fingerprint density at radius 3 is 2.75 bits per heavy atom. The number of primary amides is 1. The van der Waals surface area contributed by atoms with Crippen molar-refractivity contribution >= 4 is 35.1 Å². The molecule has 0 bridgehead atoms. The van der Waals surface area contributed by atoms with Gasteiger partial charge in [-0.3, -0.25) is 14.4 Å². The molecule has 24 heavy (non-hydrogen) atoms. The summed E-state index contributed by atoms with van der Waals surface area (Å²) in [5.74, 6) is -2.33. The van der Waals surface area contributed by atoms with Gasteiger partial charge in [0.25, 0.3) is 5.91 Å². The molecule has 1 unspecified atom stereocenters. The van der Waals surface area contributed by atoms with Gasteiger partial charge in [0, 0.05) is 18.8 Å². The molecule has 0 radical (unpaired) electrons. The molecule has 1 fully saturated rings. The minimum Gasteiger partial charge on any atom is -0.443 e. The van der Waals surface area contributed by atoms with Crippen LogP contribution in [0.2, 0.25) is 5.02 Å². The third-order valence-electron chi connectivity index (χ3n) is 4.29. The van der Waals surface area contributed by atoms with Crippen molar-refractivity contribution in [3.05, 3.63) is 28.8 Å². The Labute approximate surface area is 143 Å². The highest BCUT2D eigenvalue weighted by Crippen LogP contribution is 2.45. The molecule has 0 saturated carbocycles. The van der Waals surface area contributed by atoms with Gasteiger partial charge in [-0.25, -0.2) is 0 Å². The third kappa shape index (κ3) is 2.85. The van der Waals surface area contributed by atoms with Gasteiger partial charge in [0.2, 0.25) is 11.5 Å². The normalized spacial score (nSPS) is 23.5. The Hall–Kier alpha value is -2.12. The number of amides is 2. The number of carbonyl (C=O) groups excluding carboxylic acids is 3. The molecule has 1 atom stereocenters. The average Bonchev–Trinajstić information content (AvgIpc) is 2.80. The number of benzene rings is 1. The van der Waals surface area contributed by atoms with E-state index in [1.807, 2.05) is 0 Å². The molecule has 3 rings (SSSR count). The van der Waals surface area contributed by atoms with E-state index >= 15 is 0 Å². The van der Waals surface area contributed by atoms with Gasteiger partial charge < -0.3 is 20.5 Å². The van der Waals surface area contributed by atoms with E-state index in [-0.39, 0.29) is 16.5 Å². The number of ether oxygens (including phenoxy) is 2. The number of hydrogen-bond acceptors (Lipinski definition) is 5. The summed E-state index contributed by atoms with van der Waals surface area (Å²) in [5.41, 5.74) is 4.17. The highest BCUT2D eigenvalue weighted by molar-refractivity contribution is 6.33. The molecule has 2 heterocycles. The number of carbonyl (C=O) groups is 3. The summed E-state index contributed by atoms with van der Waals surface area (Å²) in [6.07, 6.45) is 0.537. The second-order valence-corrected chi connectivity index (χ2v) is 6.30. The van der Waals surface area contributed by atoms with Gasteiger partial charge in [0.15, 0.2) is 0 Å². The van der Waals surface area contributed by atoms with Crippen molar-refractivity contribution in [1.29, 1.82) is 0 Å². The first-order valence-electron chi connectivity index (χ1n) is 7.63. The molecule has 2 aliphatic heterocycles. The summed E-state index contributed by atoms with van der Waals surface area (Å²) in [6, 6.07) is 4.85. The fourth-order valence-corrected chi connectivity index (χ4v) is 3.44. The molecule has 7 nitrogen and oxygen atoms in total. The van der Waals surface area contributed by atoms with Gasteiger partial charge in [-0.2, -0.15) is 0 Å². The number of nitrogens with two attached hydrogens (primary N) is 1. The van der Waals surface area contributed by atoms with Crippen molar-refractivity contribution in [3.8, 4) is 0 Å². The van der Waals surface area contributed by atoms with Gasteiger partial charge in [-0.15, -0.1) is 0 Å². The van der Waals surface area contributed by atoms with E-state index in [0.29, 0.717) is 31.7 Å². The standard InChI is InChI=1S/C16H17ClN2O5/c17-10-2-1-3-11-13(10)16(8-12(18)20,15(22)19-11)24-14(21)9-4-6-23-7-5-9/h1-3,9H,4-8H2,(H2,18,20)(H,19,22). The van der Waals surface area contributed by atoms with Crippen LogP contribution in [-0.2, 0) is 29.5 Å². The summed E-state index contributed by atoms with van der Waals surface area (Å²) in [5, 5.41) is 2.84. The maximum absolute atomic E-state index is 12.6. The largest absolute Gasteiger partial charge is 0.443 e. The summed E-state index contributed by atoms with van der Waals surface area (Å²) >= 11 is 6.22. The number of esters is 1. The summed E-state index contributed by atoms with van der Waals surface area (Å²) in [6.45, 7) is 0.901. The lowest BCUT2D eigenvalue weighted by molar-refractivity contribution is -0.175. The Morgan fingerprint density at radius 1 is 1.38 bits per heavy atom. The fraction of sp³-hybridized carbons (Fsp3) is 0.438. The van der Waals surface area contributed by atoms with Gasteiger partial charge >= 0.3 is 5.97 Å². The molecule has 0 aromatic heterocycles. The first kappa shape index (κ1) is 16.7. The van der Waals surface area contributed by atoms with Crippen LogP contribution in [0.5, 0.6) is 0 Å². The monoisotopic (exact) mass is 352 g/mol. The number of nitrogens with one attached hydrogen (secondary N) is 1. The molecule has 2 amide bonds. The Balaban J connectivity index is 1.98. The predicted molar refractivity (Wildman–Crippen MR) is 85.2 cm³/mol. The molecule has 1 saturated heterocycles. The van der Waals surface area contributed by atoms with Crippen molar-refractivity contribution in [3.63, 3.8) is 0 Å². The van der Waals surface area contributed by atoms with Crippen LogP contribution in [0, 0.1) is 5.92 Å². The van der Waals surface area contributed by atoms with Crippen LogP contribution in [0.3, 0.4) is 0 Å². The van der Waals surface area contributed by atoms with Crippen LogP contribution in [0.4, 0.5) is 5.69 Å². The van der Waals surface area contributed by atoms with Crippen molar-refractivity contribution < 1.29 is 23.9 Å². The molecule has 0 aliphatic carbocycles. The summed E-state index contributed by atoms with van der Waals surface area (Å²) in [7, 11) is 0. The summed E-state index contributed by atoms with van der Waals surface area (Å²) in [4.78, 5) is 36.7. The zero-order valence-corrected chi connectivity index (χ0v) is 13.6. The smallest absolute Gasteiger partial charge is 0.310 e. The molecule has 3 N–H and O–H groups in total. The lowest BCUT2D eigenvalue weighted by Gasteiger charge is -2.30. The number of hydrogen-bond donors (Lipinski definition) is 2. The second-order valence-electron chi connectivity index (χ2n) is 5.89. The topological polar surface area (TPSA) is 108 Å². The SMILES string of the molecule is NC(=O)CC1(OC(=O)C2CCOCC2)C(=O)Nc2cccc(Cl)c21. The van der Waals surface area contributed by atoms with E-state index in [9.17, 15) is 14.4 Å². The summed E-state index contributed by atoms with van der Waals surface area (Å²) < 4.78 is 10.8. The highest BCUT2D eigenvalue weighted by atomic mass is 35.5. The number of anilines is 1. The lowest BCUT2D eigenvalue weighted by Crippen LogP contribution is -2.44. The number of halogens is 1. The fourth-order valence-electron chi connectivity index (χ4n) is 3.11. The van der Waals surface area contributed by atoms with Crippen LogP contribution < -0.4 is 11.1 Å². The van der Waals surface area contributed by atoms with Crippen molar-refractivity contribution in [2.75, 3.05) is 18.5 Å². The quantitative estimate of drug-likeness (QED) is 0.795. The molecule has 1 aromatic rings. The Morgan fingerprint density at radius 2 is 2.08 bits per heavy atom. The Kier molecular flexibility index (Phi) is 4.47. The molecule has 1 aromatic carbocycles. The second kappa shape index (κ2) is 6.41. The van der Waals surface area contributed by atoms with Gasteiger partial charge in [0.05, 0.1) is 23.0 Å². The molecular weight excluding hydrogens is 336 g/mol. The third-order valence-corrected chi connectivity index (χ3v) is 4.60. The first-order chi connectivity index (χ1) is 11.4. The van der Waals surface area contributed by atoms with Gasteiger partial charge in [-0.05, 0) is 25.0 Å². The van der Waals surface area contributed by atoms with E-state index in [1.165, 1.54) is 0 Å². The molecule has 8 heteroatoms. The van der Waals surface area contributed by atoms with E-state index in [2.05, 4.69) is 5.32 Å².